The Balaban J connectivity index is 0.000000321. The number of hydrogen-bond acceptors (Lipinski definition) is 4. The molecule has 27 heavy (non-hydrogen) atoms. The average Bonchev–Trinajstić information content (AvgIpc) is 3.10. The zero-order valence-corrected chi connectivity index (χ0v) is 14.4. The summed E-state index contributed by atoms with van der Waals surface area (Å²) >= 11 is 0. The Kier molecular flexibility index (Phi) is 6.42. The van der Waals surface area contributed by atoms with Gasteiger partial charge in [0.25, 0.3) is 0 Å². The second kappa shape index (κ2) is 8.22. The molecule has 0 aromatic heterocycles. The molecular weight excluding hydrogens is 372 g/mol. The van der Waals surface area contributed by atoms with E-state index in [1.807, 2.05) is 0 Å². The van der Waals surface area contributed by atoms with Crippen molar-refractivity contribution in [3.63, 3.8) is 0 Å². The molecule has 2 saturated heterocycles. The number of carboxylic acids is 1. The number of likely N-dealkylation sites (tertiary alicyclic amines) is 1. The molecule has 10 heteroatoms. The van der Waals surface area contributed by atoms with Gasteiger partial charge in [-0.15, -0.1) is 0 Å². The van der Waals surface area contributed by atoms with Gasteiger partial charge < -0.3 is 20.0 Å². The minimum atomic E-state index is -5.08. The van der Waals surface area contributed by atoms with Gasteiger partial charge in [-0.3, -0.25) is 4.79 Å². The molecular formula is C17H20F4N2O4. The van der Waals surface area contributed by atoms with E-state index in [2.05, 4.69) is 4.90 Å². The first kappa shape index (κ1) is 21.1. The maximum absolute atomic E-state index is 13.3. The number of carbonyl (C=O) groups is 2. The lowest BCUT2D eigenvalue weighted by Crippen LogP contribution is -2.32. The largest absolute Gasteiger partial charge is 0.490 e. The summed E-state index contributed by atoms with van der Waals surface area (Å²) in [4.78, 5) is 25.0. The van der Waals surface area contributed by atoms with Crippen molar-refractivity contribution in [3.8, 4) is 0 Å². The summed E-state index contributed by atoms with van der Waals surface area (Å²) in [6.45, 7) is 3.22. The predicted molar refractivity (Wildman–Crippen MR) is 87.6 cm³/mol. The number of rotatable bonds is 3. The molecule has 0 bridgehead atoms. The van der Waals surface area contributed by atoms with Crippen LogP contribution in [0.15, 0.2) is 24.3 Å². The second-order valence-electron chi connectivity index (χ2n) is 6.69. The van der Waals surface area contributed by atoms with Gasteiger partial charge >= 0.3 is 12.1 Å². The molecule has 0 saturated carbocycles. The monoisotopic (exact) mass is 392 g/mol. The molecule has 1 unspecified atom stereocenters. The fraction of sp³-hybridized carbons (Fsp3) is 0.529. The van der Waals surface area contributed by atoms with Gasteiger partial charge in [0.2, 0.25) is 5.91 Å². The number of alkyl halides is 3. The third-order valence-electron chi connectivity index (χ3n) is 4.62. The first-order valence-electron chi connectivity index (χ1n) is 8.26. The van der Waals surface area contributed by atoms with Crippen molar-refractivity contribution in [2.75, 3.05) is 37.7 Å². The third-order valence-corrected chi connectivity index (χ3v) is 4.62. The summed E-state index contributed by atoms with van der Waals surface area (Å²) in [6.07, 6.45) is -3.60. The number of hydrogen-bond donors (Lipinski definition) is 2. The van der Waals surface area contributed by atoms with Gasteiger partial charge in [-0.25, -0.2) is 9.18 Å². The molecule has 3 rings (SSSR count). The van der Waals surface area contributed by atoms with E-state index in [1.165, 1.54) is 12.1 Å². The number of halogens is 4. The summed E-state index contributed by atoms with van der Waals surface area (Å²) in [7, 11) is 0. The summed E-state index contributed by atoms with van der Waals surface area (Å²) in [6, 6.07) is 6.21. The normalized spacial score (nSPS) is 22.9. The lowest BCUT2D eigenvalue weighted by Gasteiger charge is -2.24. The van der Waals surface area contributed by atoms with Gasteiger partial charge in [0.1, 0.15) is 5.82 Å². The Morgan fingerprint density at radius 2 is 1.93 bits per heavy atom. The van der Waals surface area contributed by atoms with E-state index in [4.69, 9.17) is 15.0 Å². The van der Waals surface area contributed by atoms with Gasteiger partial charge in [-0.05, 0) is 31.2 Å². The summed E-state index contributed by atoms with van der Waals surface area (Å²) in [5.74, 6) is -3.00. The van der Waals surface area contributed by atoms with Crippen LogP contribution >= 0.6 is 0 Å². The number of amides is 1. The van der Waals surface area contributed by atoms with Crippen LogP contribution in [0.3, 0.4) is 0 Å². The molecule has 6 nitrogen and oxygen atoms in total. The molecule has 0 aliphatic carbocycles. The topological polar surface area (TPSA) is 81.1 Å². The summed E-state index contributed by atoms with van der Waals surface area (Å²) < 4.78 is 45.0. The lowest BCUT2D eigenvalue weighted by atomic mass is 9.86. The molecule has 2 aliphatic rings. The molecule has 2 fully saturated rings. The van der Waals surface area contributed by atoms with Crippen LogP contribution in [-0.2, 0) is 9.59 Å². The zero-order valence-electron chi connectivity index (χ0n) is 14.4. The van der Waals surface area contributed by atoms with E-state index < -0.39 is 12.1 Å². The highest BCUT2D eigenvalue weighted by atomic mass is 19.4. The van der Waals surface area contributed by atoms with Crippen LogP contribution in [0.4, 0.5) is 23.2 Å². The molecule has 0 radical (unpaired) electrons. The van der Waals surface area contributed by atoms with Crippen LogP contribution in [0.1, 0.15) is 12.8 Å². The molecule has 1 spiro atoms. The molecule has 2 N–H and O–H groups in total. The first-order valence-corrected chi connectivity index (χ1v) is 8.26. The quantitative estimate of drug-likeness (QED) is 0.768. The van der Waals surface area contributed by atoms with Crippen LogP contribution in [0.5, 0.6) is 0 Å². The highest BCUT2D eigenvalue weighted by Gasteiger charge is 2.47. The predicted octanol–water partition coefficient (Wildman–Crippen LogP) is 1.88. The fourth-order valence-electron chi connectivity index (χ4n) is 3.41. The molecule has 1 aromatic carbocycles. The van der Waals surface area contributed by atoms with Crippen LogP contribution in [0.25, 0.3) is 0 Å². The highest BCUT2D eigenvalue weighted by molar-refractivity contribution is 5.96. The Hall–Kier alpha value is -2.20. The number of aliphatic carboxylic acids is 1. The number of aliphatic hydroxyl groups is 1. The van der Waals surface area contributed by atoms with Gasteiger partial charge in [0, 0.05) is 37.2 Å². The van der Waals surface area contributed by atoms with Crippen molar-refractivity contribution in [2.24, 2.45) is 5.41 Å². The van der Waals surface area contributed by atoms with E-state index in [1.54, 1.807) is 17.0 Å². The van der Waals surface area contributed by atoms with Crippen LogP contribution in [0, 0.1) is 11.2 Å². The van der Waals surface area contributed by atoms with Crippen LogP contribution < -0.4 is 4.90 Å². The number of β-amino-alcohol motifs (C(OH)–C–C–N with tert-alkyl or cyclic N) is 1. The van der Waals surface area contributed by atoms with E-state index >= 15 is 0 Å². The zero-order chi connectivity index (χ0) is 20.2. The Morgan fingerprint density at radius 3 is 2.48 bits per heavy atom. The lowest BCUT2D eigenvalue weighted by molar-refractivity contribution is -0.192. The number of nitrogens with zero attached hydrogens (tertiary/aromatic N) is 2. The maximum Gasteiger partial charge on any atom is 0.490 e. The van der Waals surface area contributed by atoms with E-state index in [9.17, 15) is 22.4 Å². The Bertz CT molecular complexity index is 698. The van der Waals surface area contributed by atoms with Gasteiger partial charge in [-0.1, -0.05) is 6.07 Å². The van der Waals surface area contributed by atoms with Crippen LogP contribution in [0.2, 0.25) is 0 Å². The highest BCUT2D eigenvalue weighted by Crippen LogP contribution is 2.41. The number of benzene rings is 1. The third kappa shape index (κ3) is 5.39. The smallest absolute Gasteiger partial charge is 0.475 e. The number of carboxylic acid groups (broad SMARTS) is 1. The fourth-order valence-corrected chi connectivity index (χ4v) is 3.41. The summed E-state index contributed by atoms with van der Waals surface area (Å²) in [5.41, 5.74) is 0.617. The van der Waals surface area contributed by atoms with Gasteiger partial charge in [0.15, 0.2) is 0 Å². The maximum atomic E-state index is 13.3. The van der Waals surface area contributed by atoms with Gasteiger partial charge in [-0.2, -0.15) is 13.2 Å². The van der Waals surface area contributed by atoms with Crippen molar-refractivity contribution in [1.82, 2.24) is 4.90 Å². The second-order valence-corrected chi connectivity index (χ2v) is 6.69. The van der Waals surface area contributed by atoms with Crippen molar-refractivity contribution in [3.05, 3.63) is 30.1 Å². The van der Waals surface area contributed by atoms with Crippen molar-refractivity contribution in [1.29, 1.82) is 0 Å². The average molecular weight is 392 g/mol. The molecule has 1 atom stereocenters. The molecule has 1 amide bonds. The Labute approximate surface area is 153 Å². The van der Waals surface area contributed by atoms with E-state index in [0.717, 1.165) is 19.5 Å². The SMILES string of the molecule is O=C(O)C(F)(F)F.O=C1CC2(CCN(CCO)C2)CN1c1cccc(F)c1. The summed E-state index contributed by atoms with van der Waals surface area (Å²) in [5, 5.41) is 16.1. The molecule has 2 aliphatic heterocycles. The van der Waals surface area contributed by atoms with Crippen LogP contribution in [-0.4, -0.2) is 66.0 Å². The van der Waals surface area contributed by atoms with E-state index in [-0.39, 0.29) is 23.7 Å². The number of aliphatic hydroxyl groups excluding tert-OH is 1. The Morgan fingerprint density at radius 1 is 1.26 bits per heavy atom. The van der Waals surface area contributed by atoms with Crippen molar-refractivity contribution < 1.29 is 37.4 Å². The van der Waals surface area contributed by atoms with Crippen molar-refractivity contribution in [2.45, 2.75) is 19.0 Å². The molecule has 150 valence electrons. The molecule has 1 aromatic rings. The number of anilines is 1. The standard InChI is InChI=1S/C15H19FN2O2.C2HF3O2/c16-12-2-1-3-13(8-12)18-11-15(9-14(18)20)4-5-17(10-15)6-7-19;3-2(4,5)1(6)7/h1-3,8,19H,4-7,9-11H2;(H,6,7). The number of carbonyl (C=O) groups excluding carboxylic acids is 1. The first-order chi connectivity index (χ1) is 12.6. The minimum Gasteiger partial charge on any atom is -0.475 e. The minimum absolute atomic E-state index is 0.0292. The van der Waals surface area contributed by atoms with Gasteiger partial charge in [0.05, 0.1) is 6.61 Å². The van der Waals surface area contributed by atoms with E-state index in [0.29, 0.717) is 25.2 Å². The molecule has 2 heterocycles. The van der Waals surface area contributed by atoms with Crippen molar-refractivity contribution >= 4 is 17.6 Å².